The fourth-order valence-corrected chi connectivity index (χ4v) is 2.19. The van der Waals surface area contributed by atoms with Crippen LogP contribution in [0.5, 0.6) is 11.5 Å². The first-order valence-electron chi connectivity index (χ1n) is 7.16. The van der Waals surface area contributed by atoms with Gasteiger partial charge in [0.2, 0.25) is 5.91 Å². The molecule has 0 saturated carbocycles. The summed E-state index contributed by atoms with van der Waals surface area (Å²) in [5.41, 5.74) is 6.79. The summed E-state index contributed by atoms with van der Waals surface area (Å²) in [6.07, 6.45) is 0.665. The Balaban J connectivity index is 2.79. The molecule has 1 rings (SSSR count). The lowest BCUT2D eigenvalue weighted by Crippen LogP contribution is -2.42. The van der Waals surface area contributed by atoms with Crippen molar-refractivity contribution < 1.29 is 14.3 Å². The maximum absolute atomic E-state index is 12.1. The third-order valence-corrected chi connectivity index (χ3v) is 3.33. The second-order valence-electron chi connectivity index (χ2n) is 5.57. The number of ether oxygens (including phenoxy) is 2. The third-order valence-electron chi connectivity index (χ3n) is 3.33. The van der Waals surface area contributed by atoms with E-state index in [4.69, 9.17) is 15.2 Å². The Morgan fingerprint density at radius 1 is 1.24 bits per heavy atom. The fourth-order valence-electron chi connectivity index (χ4n) is 2.19. The summed E-state index contributed by atoms with van der Waals surface area (Å²) >= 11 is 0. The molecule has 0 saturated heterocycles. The number of hydrogen-bond acceptors (Lipinski definition) is 4. The van der Waals surface area contributed by atoms with Crippen molar-refractivity contribution in [1.29, 1.82) is 0 Å². The fraction of sp³-hybridized carbons (Fsp3) is 0.562. The Kier molecular flexibility index (Phi) is 6.49. The number of methoxy groups -OCH3 is 2. The zero-order chi connectivity index (χ0) is 16.0. The van der Waals surface area contributed by atoms with Gasteiger partial charge in [0, 0.05) is 11.6 Å². The molecule has 5 heteroatoms. The topological polar surface area (TPSA) is 73.6 Å². The van der Waals surface area contributed by atoms with Crippen molar-refractivity contribution in [3.05, 3.63) is 23.8 Å². The second-order valence-corrected chi connectivity index (χ2v) is 5.57. The SMILES string of the molecule is COc1ccc(C(C)NC(=O)C(N)CC(C)C)c(OC)c1. The van der Waals surface area contributed by atoms with Gasteiger partial charge in [-0.3, -0.25) is 4.79 Å². The summed E-state index contributed by atoms with van der Waals surface area (Å²) in [6, 6.07) is 4.85. The molecular formula is C16H26N2O3. The van der Waals surface area contributed by atoms with Gasteiger partial charge in [-0.25, -0.2) is 0 Å². The number of nitrogens with one attached hydrogen (secondary N) is 1. The van der Waals surface area contributed by atoms with Gasteiger partial charge in [-0.15, -0.1) is 0 Å². The largest absolute Gasteiger partial charge is 0.497 e. The van der Waals surface area contributed by atoms with E-state index in [9.17, 15) is 4.79 Å². The first-order chi connectivity index (χ1) is 9.88. The minimum absolute atomic E-state index is 0.144. The smallest absolute Gasteiger partial charge is 0.237 e. The molecule has 0 bridgehead atoms. The summed E-state index contributed by atoms with van der Waals surface area (Å²) in [5.74, 6) is 1.64. The molecular weight excluding hydrogens is 268 g/mol. The van der Waals surface area contributed by atoms with Crippen LogP contribution in [-0.2, 0) is 4.79 Å². The minimum Gasteiger partial charge on any atom is -0.497 e. The Labute approximate surface area is 126 Å². The third kappa shape index (κ3) is 4.93. The number of carbonyl (C=O) groups excluding carboxylic acids is 1. The molecule has 0 aliphatic heterocycles. The number of carbonyl (C=O) groups is 1. The van der Waals surface area contributed by atoms with Crippen molar-refractivity contribution in [2.24, 2.45) is 11.7 Å². The molecule has 1 aromatic rings. The van der Waals surface area contributed by atoms with Gasteiger partial charge in [-0.05, 0) is 31.4 Å². The molecule has 0 aromatic heterocycles. The average molecular weight is 294 g/mol. The highest BCUT2D eigenvalue weighted by Crippen LogP contribution is 2.29. The first-order valence-corrected chi connectivity index (χ1v) is 7.16. The molecule has 0 aliphatic rings. The van der Waals surface area contributed by atoms with Gasteiger partial charge in [0.05, 0.1) is 26.3 Å². The van der Waals surface area contributed by atoms with Gasteiger partial charge in [-0.2, -0.15) is 0 Å². The van der Waals surface area contributed by atoms with Gasteiger partial charge >= 0.3 is 0 Å². The Bertz CT molecular complexity index is 475. The minimum atomic E-state index is -0.489. The molecule has 118 valence electrons. The summed E-state index contributed by atoms with van der Waals surface area (Å²) in [4.78, 5) is 12.1. The highest BCUT2D eigenvalue weighted by atomic mass is 16.5. The van der Waals surface area contributed by atoms with Gasteiger partial charge in [0.15, 0.2) is 0 Å². The van der Waals surface area contributed by atoms with Crippen molar-refractivity contribution in [3.63, 3.8) is 0 Å². The quantitative estimate of drug-likeness (QED) is 0.809. The molecule has 0 aliphatic carbocycles. The van der Waals surface area contributed by atoms with Gasteiger partial charge in [0.25, 0.3) is 0 Å². The molecule has 0 fully saturated rings. The normalized spacial score (nSPS) is 13.7. The Hall–Kier alpha value is -1.75. The highest BCUT2D eigenvalue weighted by molar-refractivity contribution is 5.82. The molecule has 3 N–H and O–H groups in total. The van der Waals surface area contributed by atoms with Crippen LogP contribution < -0.4 is 20.5 Å². The molecule has 0 heterocycles. The molecule has 0 radical (unpaired) electrons. The van der Waals surface area contributed by atoms with Crippen molar-refractivity contribution in [1.82, 2.24) is 5.32 Å². The van der Waals surface area contributed by atoms with Crippen molar-refractivity contribution in [2.75, 3.05) is 14.2 Å². The van der Waals surface area contributed by atoms with Crippen LogP contribution in [0.3, 0.4) is 0 Å². The number of hydrogen-bond donors (Lipinski definition) is 2. The monoisotopic (exact) mass is 294 g/mol. The van der Waals surface area contributed by atoms with E-state index in [-0.39, 0.29) is 11.9 Å². The molecule has 1 amide bonds. The zero-order valence-electron chi connectivity index (χ0n) is 13.5. The molecule has 1 aromatic carbocycles. The first kappa shape index (κ1) is 17.3. The second kappa shape index (κ2) is 7.88. The van der Waals surface area contributed by atoms with E-state index < -0.39 is 6.04 Å². The number of rotatable bonds is 7. The van der Waals surface area contributed by atoms with Crippen LogP contribution in [0.25, 0.3) is 0 Å². The predicted octanol–water partition coefficient (Wildman–Crippen LogP) is 2.25. The van der Waals surface area contributed by atoms with E-state index >= 15 is 0 Å². The van der Waals surface area contributed by atoms with Crippen LogP contribution in [0.15, 0.2) is 18.2 Å². The highest BCUT2D eigenvalue weighted by Gasteiger charge is 2.19. The summed E-state index contributed by atoms with van der Waals surface area (Å²) < 4.78 is 10.5. The number of nitrogens with two attached hydrogens (primary N) is 1. The van der Waals surface area contributed by atoms with Crippen molar-refractivity contribution >= 4 is 5.91 Å². The lowest BCUT2D eigenvalue weighted by atomic mass is 10.0. The van der Waals surface area contributed by atoms with Crippen molar-refractivity contribution in [3.8, 4) is 11.5 Å². The average Bonchev–Trinajstić information content (AvgIpc) is 2.45. The molecule has 2 unspecified atom stereocenters. The number of amides is 1. The van der Waals surface area contributed by atoms with Crippen LogP contribution in [0.2, 0.25) is 0 Å². The van der Waals surface area contributed by atoms with Crippen LogP contribution in [-0.4, -0.2) is 26.2 Å². The summed E-state index contributed by atoms with van der Waals surface area (Å²) in [5, 5.41) is 2.93. The van der Waals surface area contributed by atoms with E-state index in [0.717, 1.165) is 5.56 Å². The summed E-state index contributed by atoms with van der Waals surface area (Å²) in [7, 11) is 3.20. The molecule has 21 heavy (non-hydrogen) atoms. The lowest BCUT2D eigenvalue weighted by molar-refractivity contribution is -0.123. The van der Waals surface area contributed by atoms with Gasteiger partial charge in [-0.1, -0.05) is 13.8 Å². The lowest BCUT2D eigenvalue weighted by Gasteiger charge is -2.21. The number of benzene rings is 1. The van der Waals surface area contributed by atoms with Crippen molar-refractivity contribution in [2.45, 2.75) is 39.3 Å². The standard InChI is InChI=1S/C16H26N2O3/c1-10(2)8-14(17)16(19)18-11(3)13-7-6-12(20-4)9-15(13)21-5/h6-7,9-11,14H,8,17H2,1-5H3,(H,18,19). The maximum Gasteiger partial charge on any atom is 0.237 e. The van der Waals surface area contributed by atoms with E-state index in [1.807, 2.05) is 32.9 Å². The molecule has 2 atom stereocenters. The van der Waals surface area contributed by atoms with E-state index in [1.54, 1.807) is 20.3 Å². The zero-order valence-corrected chi connectivity index (χ0v) is 13.5. The van der Waals surface area contributed by atoms with E-state index in [2.05, 4.69) is 5.32 Å². The van der Waals surface area contributed by atoms with Gasteiger partial charge in [0.1, 0.15) is 11.5 Å². The van der Waals surface area contributed by atoms with Crippen LogP contribution in [0.4, 0.5) is 0 Å². The maximum atomic E-state index is 12.1. The van der Waals surface area contributed by atoms with E-state index in [1.165, 1.54) is 0 Å². The molecule has 5 nitrogen and oxygen atoms in total. The summed E-state index contributed by atoms with van der Waals surface area (Å²) in [6.45, 7) is 6.00. The predicted molar refractivity (Wildman–Crippen MR) is 83.5 cm³/mol. The van der Waals surface area contributed by atoms with Gasteiger partial charge < -0.3 is 20.5 Å². The Morgan fingerprint density at radius 2 is 1.90 bits per heavy atom. The van der Waals surface area contributed by atoms with Crippen LogP contribution in [0.1, 0.15) is 38.8 Å². The Morgan fingerprint density at radius 3 is 2.43 bits per heavy atom. The molecule has 0 spiro atoms. The van der Waals surface area contributed by atoms with E-state index in [0.29, 0.717) is 23.8 Å². The van der Waals surface area contributed by atoms with Crippen LogP contribution in [0, 0.1) is 5.92 Å². The van der Waals surface area contributed by atoms with Crippen LogP contribution >= 0.6 is 0 Å².